The summed E-state index contributed by atoms with van der Waals surface area (Å²) in [6.07, 6.45) is 1.43. The number of hydrogen-bond donors (Lipinski definition) is 1. The van der Waals surface area contributed by atoms with Crippen LogP contribution in [0.1, 0.15) is 13.3 Å². The van der Waals surface area contributed by atoms with Gasteiger partial charge in [0, 0.05) is 19.2 Å². The van der Waals surface area contributed by atoms with Crippen molar-refractivity contribution >= 4 is 19.9 Å². The summed E-state index contributed by atoms with van der Waals surface area (Å²) in [5, 5.41) is 0. The van der Waals surface area contributed by atoms with Crippen molar-refractivity contribution in [2.75, 3.05) is 24.3 Å². The molecule has 0 atom stereocenters. The quantitative estimate of drug-likeness (QED) is 0.504. The highest BCUT2D eigenvalue weighted by Crippen LogP contribution is 1.90. The maximum Gasteiger partial charge on any atom is 0.212 e. The fourth-order valence-corrected chi connectivity index (χ4v) is 3.37. The van der Waals surface area contributed by atoms with E-state index >= 15 is 0 Å². The molecule has 0 amide bonds. The van der Waals surface area contributed by atoms with Gasteiger partial charge in [0.2, 0.25) is 10.0 Å². The molecule has 0 fully saturated rings. The van der Waals surface area contributed by atoms with Gasteiger partial charge in [-0.2, -0.15) is 0 Å². The summed E-state index contributed by atoms with van der Waals surface area (Å²) in [6, 6.07) is 0. The Labute approximate surface area is 91.2 Å². The van der Waals surface area contributed by atoms with Gasteiger partial charge in [-0.25, -0.2) is 21.6 Å². The predicted octanol–water partition coefficient (Wildman–Crippen LogP) is -0.636. The molecule has 1 N–H and O–H groups in total. The van der Waals surface area contributed by atoms with E-state index < -0.39 is 25.6 Å². The first-order valence-electron chi connectivity index (χ1n) is 4.31. The molecule has 0 aromatic rings. The molecule has 0 rings (SSSR count). The number of hydrogen-bond acceptors (Lipinski definition) is 4. The minimum absolute atomic E-state index is 0.215. The topological polar surface area (TPSA) is 80.3 Å². The van der Waals surface area contributed by atoms with E-state index in [4.69, 9.17) is 0 Å². The molecule has 0 aromatic heterocycles. The molecule has 7 heteroatoms. The van der Waals surface area contributed by atoms with Crippen LogP contribution in [0.3, 0.4) is 0 Å². The van der Waals surface area contributed by atoms with Gasteiger partial charge in [-0.1, -0.05) is 0 Å². The van der Waals surface area contributed by atoms with Crippen molar-refractivity contribution in [3.63, 3.8) is 0 Å². The smallest absolute Gasteiger partial charge is 0.212 e. The molecule has 88 valence electrons. The zero-order chi connectivity index (χ0) is 11.9. The highest BCUT2D eigenvalue weighted by molar-refractivity contribution is 7.93. The van der Waals surface area contributed by atoms with Crippen LogP contribution in [0, 0.1) is 11.8 Å². The molecule has 0 aliphatic rings. The van der Waals surface area contributed by atoms with Gasteiger partial charge in [0.25, 0.3) is 0 Å². The molecule has 0 spiro atoms. The zero-order valence-electron chi connectivity index (χ0n) is 8.78. The first kappa shape index (κ1) is 14.4. The molecule has 0 aliphatic heterocycles. The Balaban J connectivity index is 4.02. The lowest BCUT2D eigenvalue weighted by molar-refractivity contribution is 0.579. The van der Waals surface area contributed by atoms with Crippen LogP contribution in [0.15, 0.2) is 0 Å². The molecule has 0 saturated heterocycles. The summed E-state index contributed by atoms with van der Waals surface area (Å²) in [5.41, 5.74) is 0. The number of rotatable bonds is 6. The zero-order valence-corrected chi connectivity index (χ0v) is 10.4. The molecule has 0 heterocycles. The van der Waals surface area contributed by atoms with E-state index in [9.17, 15) is 16.8 Å². The van der Waals surface area contributed by atoms with Crippen LogP contribution in [0.4, 0.5) is 0 Å². The van der Waals surface area contributed by atoms with Gasteiger partial charge < -0.3 is 0 Å². The van der Waals surface area contributed by atoms with Crippen molar-refractivity contribution in [1.29, 1.82) is 0 Å². The molecule has 0 aliphatic carbocycles. The van der Waals surface area contributed by atoms with Crippen molar-refractivity contribution in [2.45, 2.75) is 13.3 Å². The maximum absolute atomic E-state index is 11.2. The van der Waals surface area contributed by atoms with Crippen molar-refractivity contribution in [1.82, 2.24) is 4.72 Å². The second-order valence-corrected chi connectivity index (χ2v) is 7.21. The molecular weight excluding hydrogens is 238 g/mol. The molecule has 0 radical (unpaired) electrons. The Morgan fingerprint density at radius 3 is 2.20 bits per heavy atom. The molecular formula is C8H15NO4S2. The van der Waals surface area contributed by atoms with E-state index in [1.807, 2.05) is 0 Å². The fraction of sp³-hybridized carbons (Fsp3) is 0.750. The van der Waals surface area contributed by atoms with Gasteiger partial charge in [0.15, 0.2) is 0 Å². The molecule has 0 saturated carbocycles. The first-order valence-corrected chi connectivity index (χ1v) is 8.03. The van der Waals surface area contributed by atoms with Gasteiger partial charge in [-0.15, -0.1) is 11.8 Å². The minimum Gasteiger partial charge on any atom is -0.229 e. The lowest BCUT2D eigenvalue weighted by atomic mass is 10.4. The lowest BCUT2D eigenvalue weighted by Gasteiger charge is -2.03. The summed E-state index contributed by atoms with van der Waals surface area (Å²) >= 11 is 0. The maximum atomic E-state index is 11.2. The van der Waals surface area contributed by atoms with Gasteiger partial charge in [0.05, 0.1) is 11.5 Å². The van der Waals surface area contributed by atoms with Gasteiger partial charge in [-0.05, 0) is 6.92 Å². The lowest BCUT2D eigenvalue weighted by Crippen LogP contribution is -2.30. The Hall–Kier alpha value is -0.580. The van der Waals surface area contributed by atoms with E-state index in [-0.39, 0.29) is 12.3 Å². The number of sulfone groups is 1. The highest BCUT2D eigenvalue weighted by Gasteiger charge is 2.13. The van der Waals surface area contributed by atoms with E-state index in [2.05, 4.69) is 16.6 Å². The Kier molecular flexibility index (Phi) is 5.87. The monoisotopic (exact) mass is 253 g/mol. The van der Waals surface area contributed by atoms with Crippen LogP contribution in [0.2, 0.25) is 0 Å². The van der Waals surface area contributed by atoms with Crippen LogP contribution in [0.25, 0.3) is 0 Å². The Bertz CT molecular complexity index is 439. The SMILES string of the molecule is CC#CCCNS(=O)(=O)CCS(C)(=O)=O. The Morgan fingerprint density at radius 1 is 1.13 bits per heavy atom. The second-order valence-electron chi connectivity index (χ2n) is 3.02. The second kappa shape index (κ2) is 6.10. The van der Waals surface area contributed by atoms with Gasteiger partial charge >= 0.3 is 0 Å². The summed E-state index contributed by atoms with van der Waals surface area (Å²) in [4.78, 5) is 0. The van der Waals surface area contributed by atoms with Crippen LogP contribution >= 0.6 is 0 Å². The van der Waals surface area contributed by atoms with E-state index in [0.29, 0.717) is 6.42 Å². The molecule has 0 bridgehead atoms. The third-order valence-electron chi connectivity index (χ3n) is 1.47. The summed E-state index contributed by atoms with van der Waals surface area (Å²) in [6.45, 7) is 1.88. The minimum atomic E-state index is -3.49. The third kappa shape index (κ3) is 9.72. The average molecular weight is 253 g/mol. The molecule has 15 heavy (non-hydrogen) atoms. The average Bonchev–Trinajstić information content (AvgIpc) is 2.09. The first-order chi connectivity index (χ1) is 6.77. The summed E-state index contributed by atoms with van der Waals surface area (Å²) < 4.78 is 46.2. The van der Waals surface area contributed by atoms with E-state index in [0.717, 1.165) is 6.26 Å². The van der Waals surface area contributed by atoms with Crippen LogP contribution < -0.4 is 4.72 Å². The number of nitrogens with one attached hydrogen (secondary N) is 1. The van der Waals surface area contributed by atoms with Crippen molar-refractivity contribution in [2.24, 2.45) is 0 Å². The number of sulfonamides is 1. The van der Waals surface area contributed by atoms with Crippen LogP contribution in [-0.4, -0.2) is 41.1 Å². The standard InChI is InChI=1S/C8H15NO4S2/c1-3-4-5-6-9-15(12,13)8-7-14(2,10)11/h9H,5-8H2,1-2H3. The summed E-state index contributed by atoms with van der Waals surface area (Å²) in [5.74, 6) is 4.57. The Morgan fingerprint density at radius 2 is 1.73 bits per heavy atom. The fourth-order valence-electron chi connectivity index (χ4n) is 0.727. The predicted molar refractivity (Wildman–Crippen MR) is 59.6 cm³/mol. The highest BCUT2D eigenvalue weighted by atomic mass is 32.2. The van der Waals surface area contributed by atoms with Gasteiger partial charge in [0.1, 0.15) is 9.84 Å². The molecule has 5 nitrogen and oxygen atoms in total. The van der Waals surface area contributed by atoms with Crippen molar-refractivity contribution in [3.8, 4) is 11.8 Å². The largest absolute Gasteiger partial charge is 0.229 e. The molecule has 0 aromatic carbocycles. The van der Waals surface area contributed by atoms with Crippen LogP contribution in [0.5, 0.6) is 0 Å². The third-order valence-corrected chi connectivity index (χ3v) is 4.06. The van der Waals surface area contributed by atoms with E-state index in [1.165, 1.54) is 0 Å². The van der Waals surface area contributed by atoms with E-state index in [1.54, 1.807) is 6.92 Å². The van der Waals surface area contributed by atoms with Gasteiger partial charge in [-0.3, -0.25) is 0 Å². The van der Waals surface area contributed by atoms with Crippen molar-refractivity contribution in [3.05, 3.63) is 0 Å². The van der Waals surface area contributed by atoms with Crippen LogP contribution in [-0.2, 0) is 19.9 Å². The summed E-state index contributed by atoms with van der Waals surface area (Å²) in [7, 11) is -6.73. The van der Waals surface area contributed by atoms with Crippen molar-refractivity contribution < 1.29 is 16.8 Å². The molecule has 0 unspecified atom stereocenters. The normalized spacial score (nSPS) is 11.9.